The molecule has 1 aromatic heterocycles. The van der Waals surface area contributed by atoms with Gasteiger partial charge in [0.2, 0.25) is 0 Å². The van der Waals surface area contributed by atoms with Gasteiger partial charge in [0, 0.05) is 17.6 Å². The van der Waals surface area contributed by atoms with E-state index < -0.39 is 5.97 Å². The molecule has 0 atom stereocenters. The highest BCUT2D eigenvalue weighted by Gasteiger charge is 2.09. The minimum Gasteiger partial charge on any atom is -0.494 e. The first-order valence-electron chi connectivity index (χ1n) is 13.0. The third-order valence-electron chi connectivity index (χ3n) is 5.42. The Bertz CT molecular complexity index is 1100. The molecule has 3 aromatic rings. The first-order chi connectivity index (χ1) is 18.0. The molecule has 1 amide bonds. The molecule has 0 aliphatic rings. The zero-order valence-corrected chi connectivity index (χ0v) is 22.8. The molecular formula is C30H38ClN2O4+. The number of aromatic nitrogens is 1. The van der Waals surface area contributed by atoms with Crippen LogP contribution < -0.4 is 19.4 Å². The van der Waals surface area contributed by atoms with Gasteiger partial charge in [-0.2, -0.15) is 0 Å². The lowest BCUT2D eigenvalue weighted by molar-refractivity contribution is -0.671. The van der Waals surface area contributed by atoms with Gasteiger partial charge in [0.1, 0.15) is 24.1 Å². The third kappa shape index (κ3) is 11.5. The van der Waals surface area contributed by atoms with E-state index in [1.54, 1.807) is 48.5 Å². The number of rotatable bonds is 13. The van der Waals surface area contributed by atoms with Crippen LogP contribution in [0, 0.1) is 0 Å². The molecule has 0 aliphatic carbocycles. The van der Waals surface area contributed by atoms with Crippen molar-refractivity contribution in [2.75, 3.05) is 13.2 Å². The molecule has 0 bridgehead atoms. The fourth-order valence-electron chi connectivity index (χ4n) is 3.54. The molecule has 2 aromatic carbocycles. The number of benzene rings is 2. The number of carbonyl (C=O) groups is 2. The van der Waals surface area contributed by atoms with E-state index >= 15 is 0 Å². The summed E-state index contributed by atoms with van der Waals surface area (Å²) in [6.07, 6.45) is 10.2. The molecule has 1 N–H and O–H groups in total. The Hall–Kier alpha value is -3.38. The van der Waals surface area contributed by atoms with Gasteiger partial charge in [0.05, 0.1) is 12.2 Å². The molecule has 1 heterocycles. The Balaban J connectivity index is 0.00000235. The number of nitrogens with one attached hydrogen (secondary N) is 1. The van der Waals surface area contributed by atoms with Crippen molar-refractivity contribution in [2.24, 2.45) is 7.05 Å². The van der Waals surface area contributed by atoms with E-state index in [1.807, 2.05) is 50.0 Å². The van der Waals surface area contributed by atoms with E-state index in [-0.39, 0.29) is 5.91 Å². The smallest absolute Gasteiger partial charge is 0.343 e. The molecule has 0 saturated carbocycles. The van der Waals surface area contributed by atoms with E-state index in [2.05, 4.69) is 5.32 Å². The minimum absolute atomic E-state index is 0.0225. The monoisotopic (exact) mass is 525 g/mol. The normalized spacial score (nSPS) is 10.2. The maximum Gasteiger partial charge on any atom is 0.343 e. The van der Waals surface area contributed by atoms with Crippen LogP contribution in [0.25, 0.3) is 0 Å². The lowest BCUT2D eigenvalue weighted by Crippen LogP contribution is -2.31. The van der Waals surface area contributed by atoms with Gasteiger partial charge in [-0.25, -0.2) is 9.36 Å². The lowest BCUT2D eigenvalue weighted by atomic mass is 10.1. The highest BCUT2D eigenvalue weighted by atomic mass is 35.5. The molecule has 0 unspecified atom stereocenters. The van der Waals surface area contributed by atoms with Crippen molar-refractivity contribution >= 4 is 23.5 Å². The summed E-state index contributed by atoms with van der Waals surface area (Å²) < 4.78 is 13.0. The second-order valence-corrected chi connectivity index (χ2v) is 8.79. The quantitative estimate of drug-likeness (QED) is 0.119. The van der Waals surface area contributed by atoms with Gasteiger partial charge >= 0.3 is 5.97 Å². The number of hydrogen-bond acceptors (Lipinski definition) is 4. The van der Waals surface area contributed by atoms with Crippen LogP contribution in [0.3, 0.4) is 0 Å². The number of pyridine rings is 1. The molecule has 0 saturated heterocycles. The summed E-state index contributed by atoms with van der Waals surface area (Å²) in [4.78, 5) is 24.3. The van der Waals surface area contributed by atoms with Crippen LogP contribution in [0.5, 0.6) is 11.5 Å². The standard InChI is InChI=1S/C28H31ClN2O4.C2H6/c1-31-18-9-11-23(21-31)27(32)30-17-6-4-2-3-5-7-19-34-25-13-15-26(16-14-25)35-28(33)22-10-8-12-24(29)20-22;1-2/h8-16,18,20-21H,2-7,17,19H2,1H3;1-2H3/p+1. The van der Waals surface area contributed by atoms with Gasteiger partial charge < -0.3 is 14.8 Å². The fourth-order valence-corrected chi connectivity index (χ4v) is 3.73. The topological polar surface area (TPSA) is 68.5 Å². The molecule has 6 nitrogen and oxygen atoms in total. The van der Waals surface area contributed by atoms with Crippen molar-refractivity contribution in [3.8, 4) is 11.5 Å². The summed E-state index contributed by atoms with van der Waals surface area (Å²) in [7, 11) is 1.90. The maximum atomic E-state index is 12.2. The number of halogens is 1. The maximum absolute atomic E-state index is 12.2. The van der Waals surface area contributed by atoms with Crippen molar-refractivity contribution in [3.05, 3.63) is 89.2 Å². The highest BCUT2D eigenvalue weighted by molar-refractivity contribution is 6.30. The Morgan fingerprint density at radius 1 is 0.838 bits per heavy atom. The fraction of sp³-hybridized carbons (Fsp3) is 0.367. The number of aryl methyl sites for hydroxylation is 1. The van der Waals surface area contributed by atoms with E-state index in [0.29, 0.717) is 35.1 Å². The average molecular weight is 526 g/mol. The van der Waals surface area contributed by atoms with Crippen LogP contribution in [0.4, 0.5) is 0 Å². The molecule has 0 aliphatic heterocycles. The third-order valence-corrected chi connectivity index (χ3v) is 5.66. The number of carbonyl (C=O) groups excluding carboxylic acids is 2. The number of ether oxygens (including phenoxy) is 2. The van der Waals surface area contributed by atoms with Crippen LogP contribution in [0.2, 0.25) is 5.02 Å². The average Bonchev–Trinajstić information content (AvgIpc) is 2.91. The summed E-state index contributed by atoms with van der Waals surface area (Å²) in [6, 6.07) is 17.4. The minimum atomic E-state index is -0.450. The summed E-state index contributed by atoms with van der Waals surface area (Å²) in [5.74, 6) is 0.728. The summed E-state index contributed by atoms with van der Waals surface area (Å²) in [5.41, 5.74) is 1.09. The zero-order valence-electron chi connectivity index (χ0n) is 22.0. The van der Waals surface area contributed by atoms with Crippen LogP contribution in [-0.4, -0.2) is 25.0 Å². The van der Waals surface area contributed by atoms with Crippen molar-refractivity contribution in [2.45, 2.75) is 52.4 Å². The zero-order chi connectivity index (χ0) is 26.9. The van der Waals surface area contributed by atoms with E-state index in [0.717, 1.165) is 44.3 Å². The Morgan fingerprint density at radius 3 is 2.19 bits per heavy atom. The van der Waals surface area contributed by atoms with Gasteiger partial charge in [-0.05, 0) is 61.4 Å². The summed E-state index contributed by atoms with van der Waals surface area (Å²) >= 11 is 5.92. The van der Waals surface area contributed by atoms with E-state index in [4.69, 9.17) is 21.1 Å². The second kappa shape index (κ2) is 17.1. The van der Waals surface area contributed by atoms with Crippen LogP contribution in [0.1, 0.15) is 73.1 Å². The molecule has 37 heavy (non-hydrogen) atoms. The summed E-state index contributed by atoms with van der Waals surface area (Å²) in [5, 5.41) is 3.47. The molecule has 0 spiro atoms. The van der Waals surface area contributed by atoms with Crippen molar-refractivity contribution in [1.29, 1.82) is 0 Å². The Kier molecular flexibility index (Phi) is 13.8. The van der Waals surface area contributed by atoms with Crippen LogP contribution in [-0.2, 0) is 7.05 Å². The van der Waals surface area contributed by atoms with Gasteiger partial charge in [-0.15, -0.1) is 0 Å². The first-order valence-corrected chi connectivity index (χ1v) is 13.3. The van der Waals surface area contributed by atoms with E-state index in [1.165, 1.54) is 0 Å². The van der Waals surface area contributed by atoms with E-state index in [9.17, 15) is 9.59 Å². The van der Waals surface area contributed by atoms with Crippen LogP contribution in [0.15, 0.2) is 73.1 Å². The molecule has 0 radical (unpaired) electrons. The second-order valence-electron chi connectivity index (χ2n) is 8.36. The number of esters is 1. The van der Waals surface area contributed by atoms with Crippen molar-refractivity contribution in [1.82, 2.24) is 5.32 Å². The van der Waals surface area contributed by atoms with Gasteiger partial charge in [-0.3, -0.25) is 4.79 Å². The predicted octanol–water partition coefficient (Wildman–Crippen LogP) is 6.56. The van der Waals surface area contributed by atoms with Gasteiger partial charge in [0.15, 0.2) is 12.4 Å². The number of hydrogen-bond donors (Lipinski definition) is 1. The molecule has 198 valence electrons. The number of unbranched alkanes of at least 4 members (excludes halogenated alkanes) is 5. The molecule has 3 rings (SSSR count). The Labute approximate surface area is 225 Å². The largest absolute Gasteiger partial charge is 0.494 e. The SMILES string of the molecule is CC.C[n+]1cccc(C(=O)NCCCCCCCCOc2ccc(OC(=O)c3cccc(Cl)c3)cc2)c1. The molecule has 0 fully saturated rings. The van der Waals surface area contributed by atoms with Crippen molar-refractivity contribution in [3.63, 3.8) is 0 Å². The van der Waals surface area contributed by atoms with Gasteiger partial charge in [-0.1, -0.05) is 57.2 Å². The highest BCUT2D eigenvalue weighted by Crippen LogP contribution is 2.20. The molecular weight excluding hydrogens is 488 g/mol. The number of nitrogens with zero attached hydrogens (tertiary/aromatic N) is 1. The van der Waals surface area contributed by atoms with Gasteiger partial charge in [0.25, 0.3) is 5.91 Å². The number of amides is 1. The first kappa shape index (κ1) is 29.8. The predicted molar refractivity (Wildman–Crippen MR) is 147 cm³/mol. The molecule has 7 heteroatoms. The summed E-state index contributed by atoms with van der Waals surface area (Å²) in [6.45, 7) is 5.34. The Morgan fingerprint density at radius 2 is 1.49 bits per heavy atom. The lowest BCUT2D eigenvalue weighted by Gasteiger charge is -2.08. The van der Waals surface area contributed by atoms with Crippen molar-refractivity contribution < 1.29 is 23.6 Å². The van der Waals surface area contributed by atoms with Crippen LogP contribution >= 0.6 is 11.6 Å².